The zero-order valence-electron chi connectivity index (χ0n) is 12.5. The van der Waals surface area contributed by atoms with Crippen LogP contribution in [0.25, 0.3) is 0 Å². The lowest BCUT2D eigenvalue weighted by Crippen LogP contribution is -2.39. The smallest absolute Gasteiger partial charge is 0.103 e. The Labute approximate surface area is 117 Å². The Balaban J connectivity index is 2.66. The van der Waals surface area contributed by atoms with E-state index in [9.17, 15) is 5.11 Å². The molecule has 1 aromatic carbocycles. The van der Waals surface area contributed by atoms with Crippen molar-refractivity contribution in [2.75, 3.05) is 26.2 Å². The van der Waals surface area contributed by atoms with Crippen LogP contribution < -0.4 is 5.73 Å². The molecular weight excluding hydrogens is 236 g/mol. The summed E-state index contributed by atoms with van der Waals surface area (Å²) in [5, 5.41) is 10.7. The van der Waals surface area contributed by atoms with Gasteiger partial charge in [-0.15, -0.1) is 0 Å². The molecule has 19 heavy (non-hydrogen) atoms. The zero-order chi connectivity index (χ0) is 14.3. The Morgan fingerprint density at radius 1 is 1.26 bits per heavy atom. The molecule has 0 saturated heterocycles. The first-order valence-corrected chi connectivity index (χ1v) is 7.22. The number of benzene rings is 1. The highest BCUT2D eigenvalue weighted by atomic mass is 16.3. The molecule has 0 aliphatic carbocycles. The van der Waals surface area contributed by atoms with Gasteiger partial charge in [0.15, 0.2) is 0 Å². The third-order valence-corrected chi connectivity index (χ3v) is 3.56. The molecule has 1 aromatic rings. The molecule has 3 N–H and O–H groups in total. The summed E-state index contributed by atoms with van der Waals surface area (Å²) in [7, 11) is 0. The zero-order valence-corrected chi connectivity index (χ0v) is 12.5. The van der Waals surface area contributed by atoms with E-state index in [4.69, 9.17) is 5.73 Å². The molecular formula is C16H28N2O. The molecule has 1 rings (SSSR count). The average molecular weight is 264 g/mol. The molecule has 0 saturated carbocycles. The summed E-state index contributed by atoms with van der Waals surface area (Å²) in [5.41, 5.74) is 5.80. The molecule has 0 aliphatic heterocycles. The summed E-state index contributed by atoms with van der Waals surface area (Å²) in [6.07, 6.45) is 0.675. The summed E-state index contributed by atoms with van der Waals surface area (Å²) < 4.78 is 0. The van der Waals surface area contributed by atoms with Crippen molar-refractivity contribution < 1.29 is 5.11 Å². The van der Waals surface area contributed by atoms with E-state index < -0.39 is 5.60 Å². The Morgan fingerprint density at radius 3 is 2.37 bits per heavy atom. The van der Waals surface area contributed by atoms with Crippen molar-refractivity contribution in [3.8, 4) is 0 Å². The fourth-order valence-electron chi connectivity index (χ4n) is 2.35. The summed E-state index contributed by atoms with van der Waals surface area (Å²) in [4.78, 5) is 2.37. The molecule has 0 aromatic heterocycles. The lowest BCUT2D eigenvalue weighted by molar-refractivity contribution is 0.0251. The Morgan fingerprint density at radius 2 is 1.89 bits per heavy atom. The second-order valence-electron chi connectivity index (χ2n) is 5.64. The van der Waals surface area contributed by atoms with E-state index in [2.05, 4.69) is 25.7 Å². The van der Waals surface area contributed by atoms with Crippen LogP contribution in [0.2, 0.25) is 0 Å². The molecule has 108 valence electrons. The fourth-order valence-corrected chi connectivity index (χ4v) is 2.35. The van der Waals surface area contributed by atoms with Gasteiger partial charge in [0.25, 0.3) is 0 Å². The molecule has 0 aliphatic rings. The Hall–Kier alpha value is -0.900. The van der Waals surface area contributed by atoms with E-state index in [1.54, 1.807) is 0 Å². The van der Waals surface area contributed by atoms with Crippen LogP contribution >= 0.6 is 0 Å². The van der Waals surface area contributed by atoms with Gasteiger partial charge in [0.2, 0.25) is 0 Å². The van der Waals surface area contributed by atoms with E-state index in [1.165, 1.54) is 0 Å². The number of hydrogen-bond acceptors (Lipinski definition) is 3. The normalized spacial score (nSPS) is 14.9. The van der Waals surface area contributed by atoms with Crippen LogP contribution in [-0.4, -0.2) is 36.2 Å². The first-order chi connectivity index (χ1) is 9.01. The fraction of sp³-hybridized carbons (Fsp3) is 0.625. The standard InChI is InChI=1S/C16H28N2O/c1-4-18(12-14(2)3)11-10-16(19,13-17)15-8-6-5-7-9-15/h5-9,14,19H,4,10-13,17H2,1-3H3. The highest BCUT2D eigenvalue weighted by Gasteiger charge is 2.27. The van der Waals surface area contributed by atoms with E-state index in [0.717, 1.165) is 25.2 Å². The van der Waals surface area contributed by atoms with Crippen molar-refractivity contribution in [2.24, 2.45) is 11.7 Å². The monoisotopic (exact) mass is 264 g/mol. The van der Waals surface area contributed by atoms with E-state index in [1.807, 2.05) is 30.3 Å². The number of aliphatic hydroxyl groups is 1. The van der Waals surface area contributed by atoms with Gasteiger partial charge in [-0.3, -0.25) is 0 Å². The van der Waals surface area contributed by atoms with Gasteiger partial charge in [0.1, 0.15) is 5.60 Å². The molecule has 0 spiro atoms. The lowest BCUT2D eigenvalue weighted by atomic mass is 9.90. The van der Waals surface area contributed by atoms with Crippen LogP contribution in [-0.2, 0) is 5.60 Å². The molecule has 1 atom stereocenters. The minimum Gasteiger partial charge on any atom is -0.384 e. The van der Waals surface area contributed by atoms with Crippen molar-refractivity contribution in [2.45, 2.75) is 32.8 Å². The van der Waals surface area contributed by atoms with E-state index in [-0.39, 0.29) is 6.54 Å². The van der Waals surface area contributed by atoms with Crippen molar-refractivity contribution in [1.29, 1.82) is 0 Å². The maximum absolute atomic E-state index is 10.7. The Bertz CT molecular complexity index is 353. The second kappa shape index (κ2) is 7.63. The first-order valence-electron chi connectivity index (χ1n) is 7.22. The van der Waals surface area contributed by atoms with Crippen molar-refractivity contribution in [3.05, 3.63) is 35.9 Å². The SMILES string of the molecule is CCN(CCC(O)(CN)c1ccccc1)CC(C)C. The molecule has 0 bridgehead atoms. The van der Waals surface area contributed by atoms with E-state index >= 15 is 0 Å². The minimum atomic E-state index is -0.911. The lowest BCUT2D eigenvalue weighted by Gasteiger charge is -2.31. The number of nitrogens with two attached hydrogens (primary N) is 1. The van der Waals surface area contributed by atoms with Crippen molar-refractivity contribution in [1.82, 2.24) is 4.90 Å². The number of hydrogen-bond donors (Lipinski definition) is 2. The predicted molar refractivity (Wildman–Crippen MR) is 81.0 cm³/mol. The molecule has 3 nitrogen and oxygen atoms in total. The number of nitrogens with zero attached hydrogens (tertiary/aromatic N) is 1. The molecule has 3 heteroatoms. The minimum absolute atomic E-state index is 0.260. The summed E-state index contributed by atoms with van der Waals surface area (Å²) >= 11 is 0. The topological polar surface area (TPSA) is 49.5 Å². The highest BCUT2D eigenvalue weighted by Crippen LogP contribution is 2.24. The Kier molecular flexibility index (Phi) is 6.49. The summed E-state index contributed by atoms with van der Waals surface area (Å²) in [5.74, 6) is 0.641. The van der Waals surface area contributed by atoms with Crippen LogP contribution in [0.5, 0.6) is 0 Å². The predicted octanol–water partition coefficient (Wildman–Crippen LogP) is 2.20. The van der Waals surface area contributed by atoms with Crippen molar-refractivity contribution in [3.63, 3.8) is 0 Å². The van der Waals surface area contributed by atoms with Crippen LogP contribution in [0.4, 0.5) is 0 Å². The third kappa shape index (κ3) is 4.94. The van der Waals surface area contributed by atoms with E-state index in [0.29, 0.717) is 12.3 Å². The quantitative estimate of drug-likeness (QED) is 0.757. The maximum Gasteiger partial charge on any atom is 0.103 e. The van der Waals surface area contributed by atoms with Gasteiger partial charge in [-0.1, -0.05) is 51.1 Å². The van der Waals surface area contributed by atoms with Crippen LogP contribution in [0, 0.1) is 5.92 Å². The molecule has 0 radical (unpaired) electrons. The first kappa shape index (κ1) is 16.2. The van der Waals surface area contributed by atoms with Crippen LogP contribution in [0.15, 0.2) is 30.3 Å². The van der Waals surface area contributed by atoms with Gasteiger partial charge in [-0.05, 0) is 24.4 Å². The second-order valence-corrected chi connectivity index (χ2v) is 5.64. The molecule has 0 fully saturated rings. The van der Waals surface area contributed by atoms with Gasteiger partial charge in [-0.25, -0.2) is 0 Å². The van der Waals surface area contributed by atoms with Gasteiger partial charge in [0.05, 0.1) is 0 Å². The summed E-state index contributed by atoms with van der Waals surface area (Å²) in [6, 6.07) is 9.75. The molecule has 0 amide bonds. The summed E-state index contributed by atoms with van der Waals surface area (Å²) in [6.45, 7) is 9.80. The molecule has 1 unspecified atom stereocenters. The van der Waals surface area contributed by atoms with Crippen LogP contribution in [0.3, 0.4) is 0 Å². The van der Waals surface area contributed by atoms with Gasteiger partial charge < -0.3 is 15.7 Å². The largest absolute Gasteiger partial charge is 0.384 e. The maximum atomic E-state index is 10.7. The highest BCUT2D eigenvalue weighted by molar-refractivity contribution is 5.22. The van der Waals surface area contributed by atoms with Gasteiger partial charge >= 0.3 is 0 Å². The average Bonchev–Trinajstić information content (AvgIpc) is 2.43. The molecule has 0 heterocycles. The third-order valence-electron chi connectivity index (χ3n) is 3.56. The number of rotatable bonds is 8. The van der Waals surface area contributed by atoms with Gasteiger partial charge in [-0.2, -0.15) is 0 Å². The van der Waals surface area contributed by atoms with Crippen LogP contribution in [0.1, 0.15) is 32.8 Å². The van der Waals surface area contributed by atoms with Crippen molar-refractivity contribution >= 4 is 0 Å². The van der Waals surface area contributed by atoms with Gasteiger partial charge in [0, 0.05) is 19.6 Å².